The van der Waals surface area contributed by atoms with Crippen molar-refractivity contribution in [1.29, 1.82) is 0 Å². The van der Waals surface area contributed by atoms with Crippen LogP contribution in [-0.2, 0) is 21.2 Å². The van der Waals surface area contributed by atoms with E-state index in [2.05, 4.69) is 30.3 Å². The Balaban J connectivity index is 0.000000216. The van der Waals surface area contributed by atoms with Gasteiger partial charge in [-0.25, -0.2) is 27.9 Å². The van der Waals surface area contributed by atoms with Gasteiger partial charge in [0.1, 0.15) is 5.69 Å². The van der Waals surface area contributed by atoms with E-state index in [4.69, 9.17) is 11.6 Å². The number of rotatable bonds is 8. The second-order valence-electron chi connectivity index (χ2n) is 12.4. The Bertz CT molecular complexity index is 2020. The number of likely N-dealkylation sites (N-methyl/N-ethyl adjacent to an activating group) is 1. The van der Waals surface area contributed by atoms with Crippen molar-refractivity contribution < 1.29 is 27.9 Å². The summed E-state index contributed by atoms with van der Waals surface area (Å²) in [5, 5.41) is 16.0. The van der Waals surface area contributed by atoms with E-state index in [9.17, 15) is 27.9 Å². The van der Waals surface area contributed by atoms with Crippen molar-refractivity contribution in [3.63, 3.8) is 0 Å². The van der Waals surface area contributed by atoms with Crippen molar-refractivity contribution in [2.45, 2.75) is 62.6 Å². The molecule has 0 saturated heterocycles. The number of carbonyl (C=O) groups is 3. The molecule has 0 radical (unpaired) electrons. The van der Waals surface area contributed by atoms with E-state index in [0.29, 0.717) is 29.4 Å². The summed E-state index contributed by atoms with van der Waals surface area (Å²) in [7, 11) is -2.33. The number of nitrogens with one attached hydrogen (secondary N) is 3. The molecular weight excluding hydrogens is 706 g/mol. The minimum atomic E-state index is -3.95. The molecule has 13 nitrogen and oxygen atoms in total. The van der Waals surface area contributed by atoms with E-state index in [0.717, 1.165) is 54.5 Å². The molecular formula is C37H40ClN7O6S. The van der Waals surface area contributed by atoms with Crippen molar-refractivity contribution >= 4 is 50.9 Å². The van der Waals surface area contributed by atoms with Crippen LogP contribution in [0, 0.1) is 6.92 Å². The van der Waals surface area contributed by atoms with Crippen LogP contribution in [0.5, 0.6) is 0 Å². The van der Waals surface area contributed by atoms with Crippen LogP contribution in [-0.4, -0.2) is 72.9 Å². The summed E-state index contributed by atoms with van der Waals surface area (Å²) in [5.41, 5.74) is 4.59. The molecule has 1 fully saturated rings. The summed E-state index contributed by atoms with van der Waals surface area (Å²) in [5.74, 6) is -0.788. The van der Waals surface area contributed by atoms with Crippen LogP contribution in [0.3, 0.4) is 0 Å². The number of benzodiazepines with no additional fused rings is 1. The SMILES string of the molecule is CN1C(=O)C(O)N=C(c2ccccc2)c2cc(Cl)ccc21.Cc1cnc(C(=O)NCCc2ccc(S(=O)(=O)NC(=O)NC3CCCCC3)cc2)cn1. The zero-order chi connectivity index (χ0) is 37.3. The van der Waals surface area contributed by atoms with E-state index in [-0.39, 0.29) is 22.5 Å². The van der Waals surface area contributed by atoms with Crippen molar-refractivity contribution in [3.8, 4) is 0 Å². The number of sulfonamides is 1. The first-order valence-electron chi connectivity index (χ1n) is 16.8. The smallest absolute Gasteiger partial charge is 0.328 e. The number of aliphatic hydroxyl groups is 1. The average Bonchev–Trinajstić information content (AvgIpc) is 3.22. The molecule has 272 valence electrons. The summed E-state index contributed by atoms with van der Waals surface area (Å²) in [6.45, 7) is 2.15. The molecule has 0 bridgehead atoms. The fourth-order valence-electron chi connectivity index (χ4n) is 5.75. The van der Waals surface area contributed by atoms with Crippen LogP contribution in [0.25, 0.3) is 0 Å². The maximum absolute atomic E-state index is 12.4. The molecule has 2 aliphatic rings. The minimum absolute atomic E-state index is 0.00834. The number of hydrogen-bond donors (Lipinski definition) is 4. The van der Waals surface area contributed by atoms with Gasteiger partial charge in [0, 0.05) is 42.0 Å². The number of hydrogen-bond acceptors (Lipinski definition) is 9. The van der Waals surface area contributed by atoms with Crippen LogP contribution in [0.2, 0.25) is 5.02 Å². The predicted octanol–water partition coefficient (Wildman–Crippen LogP) is 4.55. The second kappa shape index (κ2) is 17.4. The van der Waals surface area contributed by atoms with Crippen LogP contribution in [0.15, 0.2) is 95.1 Å². The van der Waals surface area contributed by atoms with Gasteiger partial charge in [0.25, 0.3) is 21.8 Å². The van der Waals surface area contributed by atoms with Gasteiger partial charge in [-0.3, -0.25) is 14.6 Å². The summed E-state index contributed by atoms with van der Waals surface area (Å²) < 4.78 is 26.9. The van der Waals surface area contributed by atoms with E-state index in [1.54, 1.807) is 44.3 Å². The Morgan fingerprint density at radius 2 is 1.67 bits per heavy atom. The normalized spacial score (nSPS) is 16.0. The molecule has 2 heterocycles. The Morgan fingerprint density at radius 1 is 0.962 bits per heavy atom. The predicted molar refractivity (Wildman–Crippen MR) is 198 cm³/mol. The molecule has 0 spiro atoms. The van der Waals surface area contributed by atoms with Crippen molar-refractivity contribution in [2.24, 2.45) is 4.99 Å². The molecule has 1 aliphatic heterocycles. The molecule has 4 amide bonds. The number of benzene rings is 3. The highest BCUT2D eigenvalue weighted by Crippen LogP contribution is 2.29. The third kappa shape index (κ3) is 9.99. The quantitative estimate of drug-likeness (QED) is 0.203. The van der Waals surface area contributed by atoms with E-state index < -0.39 is 28.2 Å². The first kappa shape index (κ1) is 38.1. The Hall–Kier alpha value is -5.18. The molecule has 1 saturated carbocycles. The summed E-state index contributed by atoms with van der Waals surface area (Å²) in [6.07, 6.45) is 7.01. The maximum atomic E-state index is 12.4. The monoisotopic (exact) mass is 745 g/mol. The number of aromatic nitrogens is 2. The van der Waals surface area contributed by atoms with Crippen LogP contribution >= 0.6 is 11.6 Å². The fraction of sp³-hybridized carbons (Fsp3) is 0.297. The average molecular weight is 746 g/mol. The summed E-state index contributed by atoms with van der Waals surface area (Å²) in [4.78, 5) is 49.8. The van der Waals surface area contributed by atoms with Gasteiger partial charge >= 0.3 is 6.03 Å². The number of fused-ring (bicyclic) bond motifs is 1. The Labute approximate surface area is 307 Å². The van der Waals surface area contributed by atoms with Gasteiger partial charge in [-0.1, -0.05) is 73.3 Å². The highest BCUT2D eigenvalue weighted by Gasteiger charge is 2.28. The largest absolute Gasteiger partial charge is 0.364 e. The van der Waals surface area contributed by atoms with Crippen LogP contribution in [0.1, 0.15) is 65.0 Å². The number of aryl methyl sites for hydroxylation is 1. The molecule has 4 aromatic rings. The number of nitrogens with zero attached hydrogens (tertiary/aromatic N) is 4. The first-order chi connectivity index (χ1) is 24.9. The lowest BCUT2D eigenvalue weighted by Gasteiger charge is -2.22. The zero-order valence-corrected chi connectivity index (χ0v) is 30.3. The highest BCUT2D eigenvalue weighted by atomic mass is 35.5. The number of amides is 4. The zero-order valence-electron chi connectivity index (χ0n) is 28.8. The molecule has 6 rings (SSSR count). The molecule has 1 aliphatic carbocycles. The molecule has 15 heteroatoms. The topological polar surface area (TPSA) is 183 Å². The summed E-state index contributed by atoms with van der Waals surface area (Å²) in [6, 6.07) is 20.2. The Morgan fingerprint density at radius 3 is 2.35 bits per heavy atom. The lowest BCUT2D eigenvalue weighted by Crippen LogP contribution is -2.45. The highest BCUT2D eigenvalue weighted by molar-refractivity contribution is 7.90. The molecule has 1 unspecified atom stereocenters. The van der Waals surface area contributed by atoms with Gasteiger partial charge < -0.3 is 20.6 Å². The van der Waals surface area contributed by atoms with Gasteiger partial charge in [0.2, 0.25) is 6.23 Å². The van der Waals surface area contributed by atoms with E-state index in [1.807, 2.05) is 30.3 Å². The molecule has 3 aromatic carbocycles. The number of halogens is 1. The van der Waals surface area contributed by atoms with E-state index >= 15 is 0 Å². The lowest BCUT2D eigenvalue weighted by molar-refractivity contribution is -0.125. The van der Waals surface area contributed by atoms with Gasteiger partial charge in [0.05, 0.1) is 28.2 Å². The van der Waals surface area contributed by atoms with Crippen molar-refractivity contribution in [3.05, 3.63) is 118 Å². The number of aliphatic hydroxyl groups excluding tert-OH is 1. The van der Waals surface area contributed by atoms with Gasteiger partial charge in [-0.2, -0.15) is 0 Å². The first-order valence-corrected chi connectivity index (χ1v) is 18.7. The number of anilines is 1. The van der Waals surface area contributed by atoms with Crippen LogP contribution in [0.4, 0.5) is 10.5 Å². The van der Waals surface area contributed by atoms with E-state index in [1.165, 1.54) is 29.4 Å². The summed E-state index contributed by atoms with van der Waals surface area (Å²) >= 11 is 6.08. The van der Waals surface area contributed by atoms with Crippen molar-refractivity contribution in [1.82, 2.24) is 25.3 Å². The van der Waals surface area contributed by atoms with Gasteiger partial charge in [-0.15, -0.1) is 0 Å². The molecule has 4 N–H and O–H groups in total. The molecule has 52 heavy (non-hydrogen) atoms. The number of carbonyl (C=O) groups excluding carboxylic acids is 3. The standard InChI is InChI=1S/C21H27N5O4S.C16H13ClN2O2/c1-15-13-24-19(14-23-15)20(27)22-12-11-16-7-9-18(10-8-16)31(29,30)26-21(28)25-17-5-3-2-4-6-17;1-19-13-8-7-11(17)9-12(13)14(18-15(20)16(19)21)10-5-3-2-4-6-10/h7-10,13-14,17H,2-6,11-12H2,1H3,(H,22,27)(H2,25,26,28);2-9,15,20H,1H3. The lowest BCUT2D eigenvalue weighted by atomic mass is 9.96. The minimum Gasteiger partial charge on any atom is -0.364 e. The molecule has 1 atom stereocenters. The molecule has 1 aromatic heterocycles. The van der Waals surface area contributed by atoms with Gasteiger partial charge in [0.15, 0.2) is 0 Å². The van der Waals surface area contributed by atoms with Gasteiger partial charge in [-0.05, 0) is 62.1 Å². The Kier molecular flexibility index (Phi) is 12.7. The van der Waals surface area contributed by atoms with Crippen molar-refractivity contribution in [2.75, 3.05) is 18.5 Å². The van der Waals surface area contributed by atoms with Crippen LogP contribution < -0.4 is 20.3 Å². The third-order valence-corrected chi connectivity index (χ3v) is 10.1. The fourth-order valence-corrected chi connectivity index (χ4v) is 6.84. The third-order valence-electron chi connectivity index (χ3n) is 8.54. The number of aliphatic imine (C=N–C) groups is 1. The number of urea groups is 1. The maximum Gasteiger partial charge on any atom is 0.328 e. The second-order valence-corrected chi connectivity index (χ2v) is 14.5.